The quantitative estimate of drug-likeness (QED) is 0.422. The van der Waals surface area contributed by atoms with E-state index in [9.17, 15) is 4.39 Å². The maximum absolute atomic E-state index is 14.0. The smallest absolute Gasteiger partial charge is 0.166 e. The number of hydrogen-bond donors (Lipinski definition) is 1. The van der Waals surface area contributed by atoms with E-state index in [-0.39, 0.29) is 10.8 Å². The van der Waals surface area contributed by atoms with Gasteiger partial charge in [-0.25, -0.2) is 9.37 Å². The van der Waals surface area contributed by atoms with Gasteiger partial charge in [0.05, 0.1) is 17.3 Å². The number of nitrogens with zero attached hydrogens (tertiary/aromatic N) is 4. The van der Waals surface area contributed by atoms with Gasteiger partial charge in [0.1, 0.15) is 11.9 Å². The van der Waals surface area contributed by atoms with E-state index in [2.05, 4.69) is 32.9 Å². The summed E-state index contributed by atoms with van der Waals surface area (Å²) >= 11 is 12.4. The Morgan fingerprint density at radius 1 is 1.18 bits per heavy atom. The van der Waals surface area contributed by atoms with Crippen LogP contribution in [-0.2, 0) is 0 Å². The van der Waals surface area contributed by atoms with Crippen molar-refractivity contribution in [2.24, 2.45) is 5.41 Å². The van der Waals surface area contributed by atoms with Crippen LogP contribution in [0, 0.1) is 11.2 Å². The minimum absolute atomic E-state index is 0.0631. The Kier molecular flexibility index (Phi) is 6.21. The second-order valence-electron chi connectivity index (χ2n) is 9.70. The van der Waals surface area contributed by atoms with Gasteiger partial charge in [-0.15, -0.1) is 0 Å². The van der Waals surface area contributed by atoms with Crippen LogP contribution in [0.1, 0.15) is 50.3 Å². The number of hydrogen-bond acceptors (Lipinski definition) is 5. The van der Waals surface area contributed by atoms with Crippen LogP contribution in [0.25, 0.3) is 11.1 Å². The summed E-state index contributed by atoms with van der Waals surface area (Å²) in [5.74, 6) is 0.0553. The van der Waals surface area contributed by atoms with Gasteiger partial charge in [-0.1, -0.05) is 23.2 Å². The number of pyridine rings is 1. The van der Waals surface area contributed by atoms with Crippen LogP contribution in [0.15, 0.2) is 36.8 Å². The van der Waals surface area contributed by atoms with Gasteiger partial charge in [0, 0.05) is 34.1 Å². The molecule has 2 aliphatic rings. The van der Waals surface area contributed by atoms with Gasteiger partial charge in [-0.05, 0) is 76.4 Å². The zero-order chi connectivity index (χ0) is 24.0. The molecular formula is C25H28Cl2FN5O. The van der Waals surface area contributed by atoms with Gasteiger partial charge in [-0.3, -0.25) is 4.68 Å². The van der Waals surface area contributed by atoms with Crippen LogP contribution < -0.4 is 10.5 Å². The number of halogens is 3. The molecule has 0 amide bonds. The zero-order valence-electron chi connectivity index (χ0n) is 19.3. The lowest BCUT2D eigenvalue weighted by Crippen LogP contribution is -2.46. The van der Waals surface area contributed by atoms with Crippen molar-refractivity contribution >= 4 is 29.0 Å². The predicted molar refractivity (Wildman–Crippen MR) is 133 cm³/mol. The van der Waals surface area contributed by atoms with Gasteiger partial charge < -0.3 is 15.4 Å². The van der Waals surface area contributed by atoms with Crippen molar-refractivity contribution in [2.45, 2.75) is 44.8 Å². The molecule has 0 bridgehead atoms. The monoisotopic (exact) mass is 503 g/mol. The third-order valence-electron chi connectivity index (χ3n) is 7.37. The van der Waals surface area contributed by atoms with E-state index in [1.165, 1.54) is 50.9 Å². The normalized spacial score (nSPS) is 19.2. The highest BCUT2D eigenvalue weighted by molar-refractivity contribution is 6.36. The first-order valence-electron chi connectivity index (χ1n) is 11.5. The van der Waals surface area contributed by atoms with Crippen LogP contribution in [0.4, 0.5) is 10.2 Å². The van der Waals surface area contributed by atoms with Crippen LogP contribution >= 0.6 is 23.2 Å². The fraction of sp³-hybridized carbons (Fsp3) is 0.440. The van der Waals surface area contributed by atoms with E-state index in [0.29, 0.717) is 27.8 Å². The molecule has 1 spiro atoms. The maximum Gasteiger partial charge on any atom is 0.166 e. The molecule has 9 heteroatoms. The van der Waals surface area contributed by atoms with E-state index in [1.807, 2.05) is 12.3 Å². The number of rotatable bonds is 5. The topological polar surface area (TPSA) is 69.2 Å². The Morgan fingerprint density at radius 2 is 1.91 bits per heavy atom. The molecule has 5 rings (SSSR count). The summed E-state index contributed by atoms with van der Waals surface area (Å²) in [5.41, 5.74) is 8.71. The molecule has 1 saturated carbocycles. The number of anilines is 1. The third-order valence-corrected chi connectivity index (χ3v) is 8.08. The highest BCUT2D eigenvalue weighted by Crippen LogP contribution is 2.54. The summed E-state index contributed by atoms with van der Waals surface area (Å²) in [4.78, 5) is 6.71. The molecule has 2 fully saturated rings. The van der Waals surface area contributed by atoms with E-state index < -0.39 is 11.9 Å². The summed E-state index contributed by atoms with van der Waals surface area (Å²) in [6, 6.07) is 4.94. The number of benzene rings is 1. The molecular weight excluding hydrogens is 476 g/mol. The molecule has 180 valence electrons. The lowest BCUT2D eigenvalue weighted by Gasteiger charge is -2.51. The van der Waals surface area contributed by atoms with Crippen LogP contribution in [0.2, 0.25) is 10.0 Å². The van der Waals surface area contributed by atoms with Crippen molar-refractivity contribution in [3.05, 3.63) is 58.2 Å². The number of nitrogen functional groups attached to an aromatic ring is 1. The average Bonchev–Trinajstić information content (AvgIpc) is 3.27. The van der Waals surface area contributed by atoms with Crippen LogP contribution in [0.3, 0.4) is 0 Å². The summed E-state index contributed by atoms with van der Waals surface area (Å²) in [6.45, 7) is 4.11. The highest BCUT2D eigenvalue weighted by Gasteiger charge is 2.46. The standard InChI is InChI=1S/C25H28Cl2FN5O/c1-15(22-19(26)3-4-20(28)23(22)27)34-21-9-16(12-30-24(21)29)17-13-31-33(14-17)18-10-25(11-18)5-7-32(2)8-6-25/h3-4,9,12-15,18H,5-8,10-11H2,1-2H3,(H2,29,30)/t15-/m0/s1. The van der Waals surface area contributed by atoms with E-state index >= 15 is 0 Å². The fourth-order valence-electron chi connectivity index (χ4n) is 5.19. The number of aromatic nitrogens is 3. The molecule has 2 aromatic heterocycles. The third kappa shape index (κ3) is 4.37. The number of piperidine rings is 1. The molecule has 3 aromatic rings. The molecule has 1 aromatic carbocycles. The second-order valence-corrected chi connectivity index (χ2v) is 10.5. The maximum atomic E-state index is 14.0. The molecule has 1 saturated heterocycles. The van der Waals surface area contributed by atoms with E-state index in [0.717, 1.165) is 11.1 Å². The van der Waals surface area contributed by atoms with Crippen molar-refractivity contribution in [1.29, 1.82) is 0 Å². The Bertz CT molecular complexity index is 1200. The molecule has 2 N–H and O–H groups in total. The largest absolute Gasteiger partial charge is 0.482 e. The first kappa shape index (κ1) is 23.4. The average molecular weight is 504 g/mol. The molecule has 0 unspecified atom stereocenters. The first-order valence-corrected chi connectivity index (χ1v) is 12.3. The highest BCUT2D eigenvalue weighted by atomic mass is 35.5. The first-order chi connectivity index (χ1) is 16.2. The molecule has 3 heterocycles. The summed E-state index contributed by atoms with van der Waals surface area (Å²) in [5, 5.41) is 4.89. The molecule has 1 aliphatic carbocycles. The van der Waals surface area contributed by atoms with Gasteiger partial charge in [-0.2, -0.15) is 5.10 Å². The van der Waals surface area contributed by atoms with Crippen LogP contribution in [0.5, 0.6) is 5.75 Å². The lowest BCUT2D eigenvalue weighted by molar-refractivity contribution is -0.00497. The van der Waals surface area contributed by atoms with Crippen molar-refractivity contribution in [3.8, 4) is 16.9 Å². The fourth-order valence-corrected chi connectivity index (χ4v) is 5.86. The molecule has 34 heavy (non-hydrogen) atoms. The van der Waals surface area contributed by atoms with Crippen molar-refractivity contribution in [2.75, 3.05) is 25.9 Å². The van der Waals surface area contributed by atoms with E-state index in [4.69, 9.17) is 33.7 Å². The van der Waals surface area contributed by atoms with E-state index in [1.54, 1.807) is 13.1 Å². The minimum atomic E-state index is -0.626. The Morgan fingerprint density at radius 3 is 2.65 bits per heavy atom. The Labute approximate surface area is 208 Å². The number of nitrogens with two attached hydrogens (primary N) is 1. The minimum Gasteiger partial charge on any atom is -0.482 e. The second kappa shape index (κ2) is 9.02. The molecule has 6 nitrogen and oxygen atoms in total. The molecule has 1 aliphatic heterocycles. The van der Waals surface area contributed by atoms with Gasteiger partial charge in [0.2, 0.25) is 0 Å². The molecule has 1 atom stereocenters. The summed E-state index contributed by atoms with van der Waals surface area (Å²) in [6.07, 6.45) is 9.90. The summed E-state index contributed by atoms with van der Waals surface area (Å²) < 4.78 is 22.1. The summed E-state index contributed by atoms with van der Waals surface area (Å²) in [7, 11) is 2.20. The number of likely N-dealkylation sites (tertiary alicyclic amines) is 1. The predicted octanol–water partition coefficient (Wildman–Crippen LogP) is 6.16. The molecule has 0 radical (unpaired) electrons. The Hall–Kier alpha value is -2.35. The van der Waals surface area contributed by atoms with Gasteiger partial charge in [0.25, 0.3) is 0 Å². The lowest BCUT2D eigenvalue weighted by atomic mass is 9.60. The zero-order valence-corrected chi connectivity index (χ0v) is 20.8. The van der Waals surface area contributed by atoms with Gasteiger partial charge in [0.15, 0.2) is 11.6 Å². The van der Waals surface area contributed by atoms with Crippen LogP contribution in [-0.4, -0.2) is 39.8 Å². The number of ether oxygens (including phenoxy) is 1. The SMILES string of the molecule is C[C@H](Oc1cc(-c2cnn(C3CC4(CCN(C)CC4)C3)c2)cnc1N)c1c(Cl)ccc(F)c1Cl. The Balaban J connectivity index is 1.31. The van der Waals surface area contributed by atoms with Crippen molar-refractivity contribution in [1.82, 2.24) is 19.7 Å². The van der Waals surface area contributed by atoms with Crippen molar-refractivity contribution in [3.63, 3.8) is 0 Å². The van der Waals surface area contributed by atoms with Crippen molar-refractivity contribution < 1.29 is 9.13 Å². The van der Waals surface area contributed by atoms with Gasteiger partial charge >= 0.3 is 0 Å².